The molecule has 0 unspecified atom stereocenters. The molecule has 0 saturated heterocycles. The summed E-state index contributed by atoms with van der Waals surface area (Å²) in [6, 6.07) is 12.8. The standard InChI is InChI=1S/C22H30N2O6S/c1-17(2)30-14-8-13-23-22(25)16-24(18-9-6-5-7-10-18)31(26,27)19-11-12-20(28-3)21(15-19)29-4/h5-7,9-12,15,17H,8,13-14,16H2,1-4H3,(H,23,25). The zero-order valence-electron chi connectivity index (χ0n) is 18.3. The van der Waals surface area contributed by atoms with Gasteiger partial charge in [-0.25, -0.2) is 8.42 Å². The fourth-order valence-electron chi connectivity index (χ4n) is 2.82. The molecule has 0 aliphatic heterocycles. The van der Waals surface area contributed by atoms with Gasteiger partial charge in [0.2, 0.25) is 5.91 Å². The van der Waals surface area contributed by atoms with Crippen LogP contribution in [0, 0.1) is 0 Å². The second-order valence-electron chi connectivity index (χ2n) is 6.99. The van der Waals surface area contributed by atoms with Crippen LogP contribution in [0.4, 0.5) is 5.69 Å². The van der Waals surface area contributed by atoms with E-state index in [1.54, 1.807) is 30.3 Å². The van der Waals surface area contributed by atoms with Crippen molar-refractivity contribution in [1.29, 1.82) is 0 Å². The number of hydrogen-bond donors (Lipinski definition) is 1. The first-order valence-corrected chi connectivity index (χ1v) is 11.4. The van der Waals surface area contributed by atoms with Gasteiger partial charge in [-0.05, 0) is 44.5 Å². The van der Waals surface area contributed by atoms with Crippen molar-refractivity contribution in [3.63, 3.8) is 0 Å². The molecule has 8 nitrogen and oxygen atoms in total. The lowest BCUT2D eigenvalue weighted by molar-refractivity contribution is -0.119. The Kier molecular flexibility index (Phi) is 9.14. The maximum absolute atomic E-state index is 13.4. The Hall–Kier alpha value is -2.78. The molecule has 0 spiro atoms. The highest BCUT2D eigenvalue weighted by atomic mass is 32.2. The predicted molar refractivity (Wildman–Crippen MR) is 119 cm³/mol. The third-order valence-electron chi connectivity index (χ3n) is 4.37. The Balaban J connectivity index is 2.23. The molecule has 0 bridgehead atoms. The number of benzene rings is 2. The largest absolute Gasteiger partial charge is 0.493 e. The lowest BCUT2D eigenvalue weighted by atomic mass is 10.3. The maximum Gasteiger partial charge on any atom is 0.264 e. The molecule has 2 aromatic carbocycles. The number of methoxy groups -OCH3 is 2. The minimum absolute atomic E-state index is 0.00728. The highest BCUT2D eigenvalue weighted by Crippen LogP contribution is 2.32. The van der Waals surface area contributed by atoms with Crippen molar-refractivity contribution in [2.24, 2.45) is 0 Å². The number of carbonyl (C=O) groups is 1. The van der Waals surface area contributed by atoms with Gasteiger partial charge in [0.15, 0.2) is 11.5 Å². The lowest BCUT2D eigenvalue weighted by Gasteiger charge is -2.24. The van der Waals surface area contributed by atoms with Gasteiger partial charge in [0.25, 0.3) is 10.0 Å². The van der Waals surface area contributed by atoms with Crippen LogP contribution in [-0.2, 0) is 19.6 Å². The van der Waals surface area contributed by atoms with Crippen LogP contribution in [-0.4, -0.2) is 54.3 Å². The summed E-state index contributed by atoms with van der Waals surface area (Å²) in [5, 5.41) is 2.75. The van der Waals surface area contributed by atoms with Crippen LogP contribution in [0.2, 0.25) is 0 Å². The molecule has 0 aliphatic rings. The van der Waals surface area contributed by atoms with Crippen molar-refractivity contribution in [2.45, 2.75) is 31.3 Å². The molecule has 0 fully saturated rings. The number of nitrogens with zero attached hydrogens (tertiary/aromatic N) is 1. The third kappa shape index (κ3) is 6.86. The van der Waals surface area contributed by atoms with Gasteiger partial charge in [0, 0.05) is 19.2 Å². The van der Waals surface area contributed by atoms with E-state index in [-0.39, 0.29) is 23.3 Å². The summed E-state index contributed by atoms with van der Waals surface area (Å²) in [4.78, 5) is 12.5. The van der Waals surface area contributed by atoms with E-state index in [2.05, 4.69) is 5.32 Å². The van der Waals surface area contributed by atoms with Gasteiger partial charge in [0.05, 0.1) is 30.9 Å². The molecule has 1 amide bonds. The molecule has 0 saturated carbocycles. The van der Waals surface area contributed by atoms with Gasteiger partial charge in [-0.15, -0.1) is 0 Å². The molecular formula is C22H30N2O6S. The van der Waals surface area contributed by atoms with E-state index < -0.39 is 15.9 Å². The zero-order valence-corrected chi connectivity index (χ0v) is 19.1. The number of carbonyl (C=O) groups excluding carboxylic acids is 1. The summed E-state index contributed by atoms with van der Waals surface area (Å²) in [5.74, 6) is 0.290. The Bertz CT molecular complexity index is 948. The molecule has 9 heteroatoms. The van der Waals surface area contributed by atoms with Crippen molar-refractivity contribution in [3.8, 4) is 11.5 Å². The quantitative estimate of drug-likeness (QED) is 0.500. The summed E-state index contributed by atoms with van der Waals surface area (Å²) in [6.45, 7) is 4.44. The van der Waals surface area contributed by atoms with Crippen LogP contribution < -0.4 is 19.1 Å². The number of nitrogens with one attached hydrogen (secondary N) is 1. The van der Waals surface area contributed by atoms with E-state index in [0.29, 0.717) is 31.0 Å². The number of anilines is 1. The van der Waals surface area contributed by atoms with Crippen molar-refractivity contribution in [2.75, 3.05) is 38.2 Å². The molecule has 0 atom stereocenters. The van der Waals surface area contributed by atoms with Gasteiger partial charge in [0.1, 0.15) is 6.54 Å². The molecule has 1 N–H and O–H groups in total. The second kappa shape index (κ2) is 11.6. The van der Waals surface area contributed by atoms with E-state index in [4.69, 9.17) is 14.2 Å². The summed E-state index contributed by atoms with van der Waals surface area (Å²) in [5.41, 5.74) is 0.385. The molecule has 0 radical (unpaired) electrons. The van der Waals surface area contributed by atoms with Gasteiger partial charge in [-0.3, -0.25) is 9.10 Å². The minimum Gasteiger partial charge on any atom is -0.493 e. The fraction of sp³-hybridized carbons (Fsp3) is 0.409. The van der Waals surface area contributed by atoms with Crippen molar-refractivity contribution < 1.29 is 27.4 Å². The molecule has 31 heavy (non-hydrogen) atoms. The second-order valence-corrected chi connectivity index (χ2v) is 8.85. The Morgan fingerprint density at radius 1 is 1.03 bits per heavy atom. The number of para-hydroxylation sites is 1. The summed E-state index contributed by atoms with van der Waals surface area (Å²) < 4.78 is 43.8. The van der Waals surface area contributed by atoms with E-state index in [9.17, 15) is 13.2 Å². The average Bonchev–Trinajstić information content (AvgIpc) is 2.76. The first-order valence-electron chi connectivity index (χ1n) is 9.97. The van der Waals surface area contributed by atoms with Crippen LogP contribution in [0.3, 0.4) is 0 Å². The van der Waals surface area contributed by atoms with E-state index in [1.165, 1.54) is 32.4 Å². The number of hydrogen-bond acceptors (Lipinski definition) is 6. The van der Waals surface area contributed by atoms with E-state index in [1.807, 2.05) is 13.8 Å². The van der Waals surface area contributed by atoms with Crippen molar-refractivity contribution >= 4 is 21.6 Å². The fourth-order valence-corrected chi connectivity index (χ4v) is 4.26. The smallest absolute Gasteiger partial charge is 0.264 e. The van der Waals surface area contributed by atoms with Crippen molar-refractivity contribution in [3.05, 3.63) is 48.5 Å². The number of sulfonamides is 1. The number of rotatable bonds is 12. The third-order valence-corrected chi connectivity index (χ3v) is 6.14. The average molecular weight is 451 g/mol. The van der Waals surface area contributed by atoms with Crippen LogP contribution in [0.5, 0.6) is 11.5 Å². The van der Waals surface area contributed by atoms with Crippen molar-refractivity contribution in [1.82, 2.24) is 5.32 Å². The Labute approximate surface area is 184 Å². The van der Waals surface area contributed by atoms with Gasteiger partial charge in [-0.2, -0.15) is 0 Å². The highest BCUT2D eigenvalue weighted by molar-refractivity contribution is 7.92. The van der Waals surface area contributed by atoms with Crippen LogP contribution in [0.15, 0.2) is 53.4 Å². The maximum atomic E-state index is 13.4. The topological polar surface area (TPSA) is 94.2 Å². The summed E-state index contributed by atoms with van der Waals surface area (Å²) in [6.07, 6.45) is 0.758. The normalized spacial score (nSPS) is 11.3. The van der Waals surface area contributed by atoms with Crippen LogP contribution in [0.1, 0.15) is 20.3 Å². The SMILES string of the molecule is COc1ccc(S(=O)(=O)N(CC(=O)NCCCOC(C)C)c2ccccc2)cc1OC. The Morgan fingerprint density at radius 3 is 2.32 bits per heavy atom. The summed E-state index contributed by atoms with van der Waals surface area (Å²) >= 11 is 0. The Morgan fingerprint density at radius 2 is 1.71 bits per heavy atom. The van der Waals surface area contributed by atoms with Crippen LogP contribution >= 0.6 is 0 Å². The molecule has 2 aromatic rings. The predicted octanol–water partition coefficient (Wildman–Crippen LogP) is 2.83. The first-order chi connectivity index (χ1) is 14.8. The highest BCUT2D eigenvalue weighted by Gasteiger charge is 2.28. The first kappa shape index (κ1) is 24.5. The molecule has 170 valence electrons. The molecule has 0 aromatic heterocycles. The van der Waals surface area contributed by atoms with Gasteiger partial charge < -0.3 is 19.5 Å². The van der Waals surface area contributed by atoms with E-state index in [0.717, 1.165) is 4.31 Å². The number of amides is 1. The summed E-state index contributed by atoms with van der Waals surface area (Å²) in [7, 11) is -1.14. The molecular weight excluding hydrogens is 420 g/mol. The zero-order chi connectivity index (χ0) is 22.9. The molecule has 0 heterocycles. The minimum atomic E-state index is -4.04. The molecule has 0 aliphatic carbocycles. The van der Waals surface area contributed by atoms with Gasteiger partial charge in [-0.1, -0.05) is 18.2 Å². The van der Waals surface area contributed by atoms with Crippen LogP contribution in [0.25, 0.3) is 0 Å². The lowest BCUT2D eigenvalue weighted by Crippen LogP contribution is -2.41. The van der Waals surface area contributed by atoms with Gasteiger partial charge >= 0.3 is 0 Å². The van der Waals surface area contributed by atoms with E-state index >= 15 is 0 Å². The monoisotopic (exact) mass is 450 g/mol. The molecule has 2 rings (SSSR count). The number of ether oxygens (including phenoxy) is 3.